The monoisotopic (exact) mass is 207 g/mol. The SMILES string of the molecule is COC(C)Cn1ccc2c(F)cccc21. The average molecular weight is 207 g/mol. The molecule has 0 aliphatic rings. The van der Waals surface area contributed by atoms with E-state index in [0.29, 0.717) is 5.39 Å². The first-order chi connectivity index (χ1) is 7.22. The summed E-state index contributed by atoms with van der Waals surface area (Å²) in [5, 5.41) is 0.667. The number of nitrogens with zero attached hydrogens (tertiary/aromatic N) is 1. The molecular formula is C12H14FNO. The minimum atomic E-state index is -0.170. The maximum Gasteiger partial charge on any atom is 0.132 e. The smallest absolute Gasteiger partial charge is 0.132 e. The van der Waals surface area contributed by atoms with Crippen molar-refractivity contribution < 1.29 is 9.13 Å². The van der Waals surface area contributed by atoms with Crippen molar-refractivity contribution in [2.45, 2.75) is 19.6 Å². The number of aromatic nitrogens is 1. The van der Waals surface area contributed by atoms with Crippen LogP contribution in [-0.2, 0) is 11.3 Å². The van der Waals surface area contributed by atoms with E-state index in [0.717, 1.165) is 12.1 Å². The zero-order valence-corrected chi connectivity index (χ0v) is 8.90. The molecule has 0 aliphatic carbocycles. The Morgan fingerprint density at radius 2 is 2.20 bits per heavy atom. The molecule has 0 saturated carbocycles. The molecule has 1 atom stereocenters. The lowest BCUT2D eigenvalue weighted by Crippen LogP contribution is -2.13. The highest BCUT2D eigenvalue weighted by molar-refractivity contribution is 5.80. The van der Waals surface area contributed by atoms with E-state index in [1.54, 1.807) is 19.2 Å². The van der Waals surface area contributed by atoms with E-state index in [-0.39, 0.29) is 11.9 Å². The molecule has 2 nitrogen and oxygen atoms in total. The van der Waals surface area contributed by atoms with Crippen molar-refractivity contribution in [3.8, 4) is 0 Å². The quantitative estimate of drug-likeness (QED) is 0.754. The van der Waals surface area contributed by atoms with Crippen molar-refractivity contribution in [1.29, 1.82) is 0 Å². The summed E-state index contributed by atoms with van der Waals surface area (Å²) in [6.07, 6.45) is 2.02. The number of rotatable bonds is 3. The van der Waals surface area contributed by atoms with Crippen LogP contribution in [0.4, 0.5) is 4.39 Å². The van der Waals surface area contributed by atoms with E-state index < -0.39 is 0 Å². The topological polar surface area (TPSA) is 14.2 Å². The summed E-state index contributed by atoms with van der Waals surface area (Å²) >= 11 is 0. The van der Waals surface area contributed by atoms with Gasteiger partial charge < -0.3 is 9.30 Å². The normalized spacial score (nSPS) is 13.3. The van der Waals surface area contributed by atoms with E-state index in [2.05, 4.69) is 0 Å². The van der Waals surface area contributed by atoms with E-state index in [1.807, 2.05) is 23.8 Å². The third kappa shape index (κ3) is 1.88. The first kappa shape index (κ1) is 10.2. The van der Waals surface area contributed by atoms with Crippen molar-refractivity contribution >= 4 is 10.9 Å². The molecule has 2 rings (SSSR count). The van der Waals surface area contributed by atoms with Crippen molar-refractivity contribution in [2.75, 3.05) is 7.11 Å². The molecule has 1 aromatic heterocycles. The van der Waals surface area contributed by atoms with E-state index in [1.165, 1.54) is 6.07 Å². The van der Waals surface area contributed by atoms with Crippen LogP contribution in [0.15, 0.2) is 30.5 Å². The fourth-order valence-corrected chi connectivity index (χ4v) is 1.70. The second kappa shape index (κ2) is 4.03. The number of fused-ring (bicyclic) bond motifs is 1. The number of hydrogen-bond donors (Lipinski definition) is 0. The number of methoxy groups -OCH3 is 1. The summed E-state index contributed by atoms with van der Waals surface area (Å²) in [4.78, 5) is 0. The Hall–Kier alpha value is -1.35. The maximum atomic E-state index is 13.4. The average Bonchev–Trinajstić information content (AvgIpc) is 2.63. The molecule has 80 valence electrons. The van der Waals surface area contributed by atoms with Crippen LogP contribution in [0.25, 0.3) is 10.9 Å². The van der Waals surface area contributed by atoms with Crippen molar-refractivity contribution in [3.63, 3.8) is 0 Å². The molecule has 0 fully saturated rings. The van der Waals surface area contributed by atoms with Crippen molar-refractivity contribution in [3.05, 3.63) is 36.3 Å². The summed E-state index contributed by atoms with van der Waals surface area (Å²) < 4.78 is 20.6. The summed E-state index contributed by atoms with van der Waals surface area (Å²) in [7, 11) is 1.68. The minimum Gasteiger partial charge on any atom is -0.380 e. The Morgan fingerprint density at radius 3 is 2.93 bits per heavy atom. The van der Waals surface area contributed by atoms with Crippen LogP contribution in [0.3, 0.4) is 0 Å². The maximum absolute atomic E-state index is 13.4. The molecule has 0 aliphatic heterocycles. The number of benzene rings is 1. The van der Waals surface area contributed by atoms with Crippen LogP contribution in [0.5, 0.6) is 0 Å². The third-order valence-electron chi connectivity index (χ3n) is 2.62. The van der Waals surface area contributed by atoms with Gasteiger partial charge in [0, 0.05) is 25.2 Å². The van der Waals surface area contributed by atoms with E-state index >= 15 is 0 Å². The largest absolute Gasteiger partial charge is 0.380 e. The summed E-state index contributed by atoms with van der Waals surface area (Å²) in [6, 6.07) is 6.92. The standard InChI is InChI=1S/C12H14FNO/c1-9(15-2)8-14-7-6-10-11(13)4-3-5-12(10)14/h3-7,9H,8H2,1-2H3. The summed E-state index contributed by atoms with van der Waals surface area (Å²) in [6.45, 7) is 2.73. The Balaban J connectivity index is 2.41. The molecule has 1 aromatic carbocycles. The Morgan fingerprint density at radius 1 is 1.40 bits per heavy atom. The molecule has 0 radical (unpaired) electrons. The van der Waals surface area contributed by atoms with Crippen LogP contribution in [0, 0.1) is 5.82 Å². The summed E-state index contributed by atoms with van der Waals surface area (Å²) in [5.74, 6) is -0.170. The van der Waals surface area contributed by atoms with Crippen LogP contribution >= 0.6 is 0 Å². The predicted octanol–water partition coefficient (Wildman–Crippen LogP) is 2.82. The van der Waals surface area contributed by atoms with Gasteiger partial charge in [-0.3, -0.25) is 0 Å². The first-order valence-corrected chi connectivity index (χ1v) is 4.98. The zero-order valence-electron chi connectivity index (χ0n) is 8.90. The number of ether oxygens (including phenoxy) is 1. The Labute approximate surface area is 88.3 Å². The fraction of sp³-hybridized carbons (Fsp3) is 0.333. The summed E-state index contributed by atoms with van der Waals surface area (Å²) in [5.41, 5.74) is 0.916. The molecule has 1 heterocycles. The molecule has 2 aromatic rings. The molecular weight excluding hydrogens is 193 g/mol. The second-order valence-electron chi connectivity index (χ2n) is 3.69. The van der Waals surface area contributed by atoms with E-state index in [4.69, 9.17) is 4.74 Å². The van der Waals surface area contributed by atoms with Gasteiger partial charge in [0.2, 0.25) is 0 Å². The van der Waals surface area contributed by atoms with Crippen LogP contribution in [0.1, 0.15) is 6.92 Å². The lowest BCUT2D eigenvalue weighted by molar-refractivity contribution is 0.104. The van der Waals surface area contributed by atoms with Gasteiger partial charge in [-0.15, -0.1) is 0 Å². The highest BCUT2D eigenvalue weighted by Crippen LogP contribution is 2.19. The first-order valence-electron chi connectivity index (χ1n) is 4.98. The van der Waals surface area contributed by atoms with Crippen LogP contribution in [0.2, 0.25) is 0 Å². The molecule has 0 N–H and O–H groups in total. The van der Waals surface area contributed by atoms with Crippen LogP contribution < -0.4 is 0 Å². The van der Waals surface area contributed by atoms with Gasteiger partial charge in [0.25, 0.3) is 0 Å². The van der Waals surface area contributed by atoms with Gasteiger partial charge in [0.1, 0.15) is 5.82 Å². The van der Waals surface area contributed by atoms with Gasteiger partial charge >= 0.3 is 0 Å². The highest BCUT2D eigenvalue weighted by atomic mass is 19.1. The molecule has 0 saturated heterocycles. The fourth-order valence-electron chi connectivity index (χ4n) is 1.70. The lowest BCUT2D eigenvalue weighted by Gasteiger charge is -2.11. The van der Waals surface area contributed by atoms with E-state index in [9.17, 15) is 4.39 Å². The molecule has 3 heteroatoms. The zero-order chi connectivity index (χ0) is 10.8. The minimum absolute atomic E-state index is 0.129. The molecule has 15 heavy (non-hydrogen) atoms. The van der Waals surface area contributed by atoms with Gasteiger partial charge in [-0.2, -0.15) is 0 Å². The molecule has 0 amide bonds. The molecule has 1 unspecified atom stereocenters. The number of halogens is 1. The van der Waals surface area contributed by atoms with Crippen LogP contribution in [-0.4, -0.2) is 17.8 Å². The predicted molar refractivity (Wildman–Crippen MR) is 58.4 cm³/mol. The lowest BCUT2D eigenvalue weighted by atomic mass is 10.2. The van der Waals surface area contributed by atoms with Gasteiger partial charge in [0.15, 0.2) is 0 Å². The van der Waals surface area contributed by atoms with Crippen molar-refractivity contribution in [2.24, 2.45) is 0 Å². The highest BCUT2D eigenvalue weighted by Gasteiger charge is 2.07. The van der Waals surface area contributed by atoms with Gasteiger partial charge in [-0.1, -0.05) is 6.07 Å². The molecule has 0 spiro atoms. The molecule has 0 bridgehead atoms. The van der Waals surface area contributed by atoms with Gasteiger partial charge in [-0.25, -0.2) is 4.39 Å². The Bertz CT molecular complexity index is 464. The van der Waals surface area contributed by atoms with Crippen molar-refractivity contribution in [1.82, 2.24) is 4.57 Å². The second-order valence-corrected chi connectivity index (χ2v) is 3.69. The van der Waals surface area contributed by atoms with Gasteiger partial charge in [0.05, 0.1) is 11.6 Å². The third-order valence-corrected chi connectivity index (χ3v) is 2.62. The Kier molecular flexibility index (Phi) is 2.73. The number of hydrogen-bond acceptors (Lipinski definition) is 1. The van der Waals surface area contributed by atoms with Gasteiger partial charge in [-0.05, 0) is 25.1 Å².